The van der Waals surface area contributed by atoms with E-state index in [-0.39, 0.29) is 12.5 Å². The Morgan fingerprint density at radius 2 is 1.85 bits per heavy atom. The highest BCUT2D eigenvalue weighted by molar-refractivity contribution is 8.01. The number of halogens is 3. The Labute approximate surface area is 204 Å². The third-order valence-corrected chi connectivity index (χ3v) is 7.69. The van der Waals surface area contributed by atoms with E-state index >= 15 is 0 Å². The van der Waals surface area contributed by atoms with Gasteiger partial charge in [0.05, 0.1) is 12.2 Å². The maximum atomic E-state index is 14.0. The second-order valence-electron chi connectivity index (χ2n) is 8.24. The third kappa shape index (κ3) is 3.71. The van der Waals surface area contributed by atoms with Crippen molar-refractivity contribution in [2.45, 2.75) is 18.3 Å². The molecule has 3 aromatic carbocycles. The van der Waals surface area contributed by atoms with Crippen molar-refractivity contribution < 1.29 is 18.4 Å². The molecule has 2 aliphatic heterocycles. The van der Waals surface area contributed by atoms with Crippen molar-refractivity contribution in [2.24, 2.45) is 0 Å². The van der Waals surface area contributed by atoms with Gasteiger partial charge in [-0.05, 0) is 55.0 Å². The van der Waals surface area contributed by atoms with Gasteiger partial charge in [0.25, 0.3) is 5.91 Å². The van der Waals surface area contributed by atoms with Gasteiger partial charge in [0.15, 0.2) is 16.5 Å². The van der Waals surface area contributed by atoms with Gasteiger partial charge >= 0.3 is 6.03 Å². The van der Waals surface area contributed by atoms with Crippen molar-refractivity contribution in [1.82, 2.24) is 4.90 Å². The number of hydrogen-bond acceptors (Lipinski definition) is 3. The zero-order valence-electron chi connectivity index (χ0n) is 18.1. The van der Waals surface area contributed by atoms with E-state index in [4.69, 9.17) is 11.6 Å². The number of nitrogens with zero attached hydrogens (tertiary/aromatic N) is 2. The number of rotatable bonds is 3. The van der Waals surface area contributed by atoms with Crippen LogP contribution in [0.2, 0.25) is 5.02 Å². The minimum atomic E-state index is -1.24. The lowest BCUT2D eigenvalue weighted by Crippen LogP contribution is -2.51. The van der Waals surface area contributed by atoms with Crippen molar-refractivity contribution in [1.29, 1.82) is 0 Å². The number of aryl methyl sites for hydroxylation is 1. The number of carbonyl (C=O) groups excluding carboxylic acids is 2. The van der Waals surface area contributed by atoms with Crippen molar-refractivity contribution in [3.63, 3.8) is 0 Å². The van der Waals surface area contributed by atoms with Crippen molar-refractivity contribution >= 4 is 46.7 Å². The summed E-state index contributed by atoms with van der Waals surface area (Å²) in [6.07, 6.45) is 0. The predicted molar refractivity (Wildman–Crippen MR) is 130 cm³/mol. The summed E-state index contributed by atoms with van der Waals surface area (Å²) in [6, 6.07) is 15.6. The minimum absolute atomic E-state index is 0.0566. The Morgan fingerprint density at radius 1 is 1.09 bits per heavy atom. The first-order valence-corrected chi connectivity index (χ1v) is 12.0. The number of thioether (sulfide) groups is 1. The fourth-order valence-corrected chi connectivity index (χ4v) is 6.01. The molecule has 3 aromatic rings. The first kappa shape index (κ1) is 22.7. The standard InChI is InChI=1S/C25H20ClF2N3O2S/c1-15-2-9-22-19(12-15)25(23(32)30(22)14-16-3-8-20(27)21(28)13-16)31(10-11-34-25)24(33)29-18-6-4-17(26)5-7-18/h2-9,12-13H,10-11,14H2,1H3,(H,29,33). The summed E-state index contributed by atoms with van der Waals surface area (Å²) in [4.78, 5) is 29.2. The average Bonchev–Trinajstić information content (AvgIpc) is 3.35. The van der Waals surface area contributed by atoms with Crippen LogP contribution in [-0.4, -0.2) is 29.1 Å². The highest BCUT2D eigenvalue weighted by Crippen LogP contribution is 2.54. The summed E-state index contributed by atoms with van der Waals surface area (Å²) in [6.45, 7) is 2.36. The van der Waals surface area contributed by atoms with Gasteiger partial charge < -0.3 is 10.2 Å². The van der Waals surface area contributed by atoms with Gasteiger partial charge in [-0.3, -0.25) is 9.69 Å². The van der Waals surface area contributed by atoms with Crippen LogP contribution in [0.1, 0.15) is 16.7 Å². The number of benzene rings is 3. The Kier molecular flexibility index (Phi) is 5.73. The van der Waals surface area contributed by atoms with Crippen LogP contribution in [0, 0.1) is 18.6 Å². The molecule has 174 valence electrons. The first-order valence-electron chi connectivity index (χ1n) is 10.6. The predicted octanol–water partition coefficient (Wildman–Crippen LogP) is 5.91. The second-order valence-corrected chi connectivity index (χ2v) is 9.97. The van der Waals surface area contributed by atoms with Crippen LogP contribution >= 0.6 is 23.4 Å². The molecule has 1 saturated heterocycles. The molecule has 9 heteroatoms. The largest absolute Gasteiger partial charge is 0.323 e. The second kappa shape index (κ2) is 8.60. The first-order chi connectivity index (χ1) is 16.3. The van der Waals surface area contributed by atoms with Crippen LogP contribution in [-0.2, 0) is 16.2 Å². The zero-order chi connectivity index (χ0) is 24.0. The smallest absolute Gasteiger partial charge is 0.308 e. The van der Waals surface area contributed by atoms with E-state index in [9.17, 15) is 18.4 Å². The molecular weight excluding hydrogens is 480 g/mol. The van der Waals surface area contributed by atoms with Gasteiger partial charge in [0.1, 0.15) is 0 Å². The zero-order valence-corrected chi connectivity index (χ0v) is 19.7. The summed E-state index contributed by atoms with van der Waals surface area (Å²) in [5, 5.41) is 3.41. The molecule has 1 fully saturated rings. The minimum Gasteiger partial charge on any atom is -0.308 e. The van der Waals surface area contributed by atoms with Gasteiger partial charge in [-0.25, -0.2) is 13.6 Å². The summed E-state index contributed by atoms with van der Waals surface area (Å²) in [5.41, 5.74) is 3.34. The lowest BCUT2D eigenvalue weighted by Gasteiger charge is -2.33. The van der Waals surface area contributed by atoms with E-state index in [1.54, 1.807) is 34.1 Å². The number of nitrogens with one attached hydrogen (secondary N) is 1. The van der Waals surface area contributed by atoms with Crippen LogP contribution in [0.25, 0.3) is 0 Å². The van der Waals surface area contributed by atoms with Crippen LogP contribution in [0.15, 0.2) is 60.7 Å². The summed E-state index contributed by atoms with van der Waals surface area (Å²) >= 11 is 7.34. The number of amides is 3. The lowest BCUT2D eigenvalue weighted by molar-refractivity contribution is -0.123. The van der Waals surface area contributed by atoms with Gasteiger partial charge in [-0.15, -0.1) is 11.8 Å². The van der Waals surface area contributed by atoms with E-state index in [2.05, 4.69) is 5.32 Å². The Morgan fingerprint density at radius 3 is 2.59 bits per heavy atom. The molecule has 1 spiro atoms. The molecule has 5 rings (SSSR count). The number of urea groups is 1. The van der Waals surface area contributed by atoms with E-state index < -0.39 is 22.5 Å². The van der Waals surface area contributed by atoms with Crippen LogP contribution in [0.3, 0.4) is 0 Å². The fourth-order valence-electron chi connectivity index (χ4n) is 4.43. The summed E-state index contributed by atoms with van der Waals surface area (Å²) in [5.74, 6) is -1.62. The van der Waals surface area contributed by atoms with Gasteiger partial charge in [-0.1, -0.05) is 35.4 Å². The molecule has 2 heterocycles. The SMILES string of the molecule is Cc1ccc2c(c1)C1(SCCN1C(=O)Nc1ccc(Cl)cc1)C(=O)N2Cc1ccc(F)c(F)c1. The molecule has 5 nitrogen and oxygen atoms in total. The molecule has 0 radical (unpaired) electrons. The molecule has 1 atom stereocenters. The van der Waals surface area contributed by atoms with Crippen LogP contribution in [0.5, 0.6) is 0 Å². The normalized spacial score (nSPS) is 19.1. The van der Waals surface area contributed by atoms with E-state index in [0.29, 0.717) is 39.8 Å². The molecular formula is C25H20ClF2N3O2S. The topological polar surface area (TPSA) is 52.7 Å². The van der Waals surface area contributed by atoms with Crippen molar-refractivity contribution in [3.05, 3.63) is 94.0 Å². The molecule has 0 aromatic heterocycles. The number of carbonyl (C=O) groups is 2. The monoisotopic (exact) mass is 499 g/mol. The Bertz CT molecular complexity index is 1300. The van der Waals surface area contributed by atoms with Gasteiger partial charge in [-0.2, -0.15) is 0 Å². The molecule has 1 unspecified atom stereocenters. The van der Waals surface area contributed by atoms with E-state index in [1.165, 1.54) is 17.8 Å². The lowest BCUT2D eigenvalue weighted by atomic mass is 10.0. The van der Waals surface area contributed by atoms with Crippen molar-refractivity contribution in [3.8, 4) is 0 Å². The number of fused-ring (bicyclic) bond motifs is 2. The molecule has 3 amide bonds. The average molecular weight is 500 g/mol. The summed E-state index contributed by atoms with van der Waals surface area (Å²) < 4.78 is 27.3. The summed E-state index contributed by atoms with van der Waals surface area (Å²) in [7, 11) is 0. The van der Waals surface area contributed by atoms with E-state index in [0.717, 1.165) is 17.7 Å². The highest BCUT2D eigenvalue weighted by atomic mass is 35.5. The maximum Gasteiger partial charge on any atom is 0.323 e. The molecule has 34 heavy (non-hydrogen) atoms. The number of anilines is 2. The third-order valence-electron chi connectivity index (χ3n) is 6.01. The molecule has 2 aliphatic rings. The number of hydrogen-bond donors (Lipinski definition) is 1. The van der Waals surface area contributed by atoms with Gasteiger partial charge in [0.2, 0.25) is 0 Å². The highest BCUT2D eigenvalue weighted by Gasteiger charge is 2.59. The van der Waals surface area contributed by atoms with Crippen LogP contribution in [0.4, 0.5) is 25.0 Å². The quantitative estimate of drug-likeness (QED) is 0.487. The maximum absolute atomic E-state index is 14.0. The Balaban J connectivity index is 1.52. The molecule has 0 saturated carbocycles. The molecule has 1 N–H and O–H groups in total. The molecule has 0 aliphatic carbocycles. The Hall–Kier alpha value is -3.10. The fraction of sp³-hybridized carbons (Fsp3) is 0.200. The van der Waals surface area contributed by atoms with Crippen LogP contribution < -0.4 is 10.2 Å². The van der Waals surface area contributed by atoms with E-state index in [1.807, 2.05) is 25.1 Å². The molecule has 0 bridgehead atoms. The van der Waals surface area contributed by atoms with Gasteiger partial charge in [0, 0.05) is 28.6 Å². The van der Waals surface area contributed by atoms with Crippen molar-refractivity contribution in [2.75, 3.05) is 22.5 Å².